The van der Waals surface area contributed by atoms with E-state index in [1.165, 1.54) is 51.6 Å². The van der Waals surface area contributed by atoms with E-state index < -0.39 is 0 Å². The Morgan fingerprint density at radius 1 is 1.11 bits per heavy atom. The van der Waals surface area contributed by atoms with Crippen LogP contribution < -0.4 is 10.6 Å². The molecule has 1 unspecified atom stereocenters. The highest BCUT2D eigenvalue weighted by Gasteiger charge is 2.27. The molecule has 0 amide bonds. The molecule has 1 atom stereocenters. The first-order valence-corrected chi connectivity index (χ1v) is 11.0. The Morgan fingerprint density at radius 2 is 1.78 bits per heavy atom. The van der Waals surface area contributed by atoms with Crippen molar-refractivity contribution in [2.75, 3.05) is 32.8 Å². The standard InChI is InChI=1S/C21H42N4O.HI/c1-5-22-21(23-14-11-20(17(3)4)26-6-2)24-18-12-15-25(16-13-18)19-9-7-8-10-19;/h17-20H,5-16H2,1-4H3,(H2,22,23,24);1H. The van der Waals surface area contributed by atoms with Crippen LogP contribution >= 0.6 is 24.0 Å². The number of hydrogen-bond acceptors (Lipinski definition) is 3. The topological polar surface area (TPSA) is 48.9 Å². The Hall–Kier alpha value is -0.0800. The van der Waals surface area contributed by atoms with Crippen molar-refractivity contribution in [1.82, 2.24) is 15.5 Å². The van der Waals surface area contributed by atoms with Crippen LogP contribution in [0.5, 0.6) is 0 Å². The third-order valence-corrected chi connectivity index (χ3v) is 5.86. The van der Waals surface area contributed by atoms with Crippen LogP contribution in [-0.4, -0.2) is 61.8 Å². The molecule has 1 saturated heterocycles. The number of guanidine groups is 1. The highest BCUT2D eigenvalue weighted by Crippen LogP contribution is 2.26. The van der Waals surface area contributed by atoms with E-state index in [0.29, 0.717) is 18.1 Å². The molecular weight excluding hydrogens is 451 g/mol. The van der Waals surface area contributed by atoms with Gasteiger partial charge in [-0.3, -0.25) is 4.99 Å². The molecule has 1 saturated carbocycles. The lowest BCUT2D eigenvalue weighted by Crippen LogP contribution is -2.50. The maximum absolute atomic E-state index is 5.84. The second-order valence-electron chi connectivity index (χ2n) is 8.18. The van der Waals surface area contributed by atoms with Gasteiger partial charge < -0.3 is 20.3 Å². The number of hydrogen-bond donors (Lipinski definition) is 2. The fraction of sp³-hybridized carbons (Fsp3) is 0.952. The minimum atomic E-state index is 0. The van der Waals surface area contributed by atoms with Crippen LogP contribution in [0.4, 0.5) is 0 Å². The predicted octanol–water partition coefficient (Wildman–Crippen LogP) is 4.02. The molecule has 2 N–H and O–H groups in total. The van der Waals surface area contributed by atoms with Crippen molar-refractivity contribution < 1.29 is 4.74 Å². The molecular formula is C21H43IN4O. The first-order chi connectivity index (χ1) is 12.6. The summed E-state index contributed by atoms with van der Waals surface area (Å²) in [6, 6.07) is 1.42. The molecule has 1 heterocycles. The largest absolute Gasteiger partial charge is 0.378 e. The maximum Gasteiger partial charge on any atom is 0.191 e. The van der Waals surface area contributed by atoms with Crippen LogP contribution in [0.15, 0.2) is 4.99 Å². The number of halogens is 1. The Balaban J connectivity index is 0.00000364. The van der Waals surface area contributed by atoms with E-state index in [2.05, 4.69) is 43.2 Å². The highest BCUT2D eigenvalue weighted by atomic mass is 127. The summed E-state index contributed by atoms with van der Waals surface area (Å²) < 4.78 is 5.84. The molecule has 2 fully saturated rings. The van der Waals surface area contributed by atoms with Crippen LogP contribution in [0, 0.1) is 5.92 Å². The molecule has 5 nitrogen and oxygen atoms in total. The molecule has 0 radical (unpaired) electrons. The molecule has 1 aliphatic heterocycles. The fourth-order valence-corrected chi connectivity index (χ4v) is 4.32. The summed E-state index contributed by atoms with van der Waals surface area (Å²) in [5, 5.41) is 7.09. The highest BCUT2D eigenvalue weighted by molar-refractivity contribution is 14.0. The molecule has 2 rings (SSSR count). The van der Waals surface area contributed by atoms with Gasteiger partial charge in [0.15, 0.2) is 5.96 Å². The Labute approximate surface area is 184 Å². The van der Waals surface area contributed by atoms with Crippen LogP contribution in [0.3, 0.4) is 0 Å². The summed E-state index contributed by atoms with van der Waals surface area (Å²) in [4.78, 5) is 7.54. The van der Waals surface area contributed by atoms with Gasteiger partial charge in [0.2, 0.25) is 0 Å². The van der Waals surface area contributed by atoms with Gasteiger partial charge in [-0.1, -0.05) is 26.7 Å². The van der Waals surface area contributed by atoms with Gasteiger partial charge in [0.25, 0.3) is 0 Å². The third-order valence-electron chi connectivity index (χ3n) is 5.86. The van der Waals surface area contributed by atoms with Gasteiger partial charge in [-0.2, -0.15) is 0 Å². The predicted molar refractivity (Wildman–Crippen MR) is 126 cm³/mol. The summed E-state index contributed by atoms with van der Waals surface area (Å²) in [6.07, 6.45) is 9.45. The van der Waals surface area contributed by atoms with Crippen LogP contribution in [0.2, 0.25) is 0 Å². The molecule has 0 bridgehead atoms. The van der Waals surface area contributed by atoms with Gasteiger partial charge in [-0.25, -0.2) is 0 Å². The van der Waals surface area contributed by atoms with Gasteiger partial charge in [0.05, 0.1) is 6.10 Å². The van der Waals surface area contributed by atoms with Crippen molar-refractivity contribution >= 4 is 29.9 Å². The molecule has 0 spiro atoms. The van der Waals surface area contributed by atoms with Crippen molar-refractivity contribution in [3.8, 4) is 0 Å². The van der Waals surface area contributed by atoms with E-state index in [1.807, 2.05) is 0 Å². The SMILES string of the molecule is CCNC(=NCCC(OCC)C(C)C)NC1CCN(C2CCCC2)CC1.I. The van der Waals surface area contributed by atoms with Crippen molar-refractivity contribution in [3.63, 3.8) is 0 Å². The Bertz CT molecular complexity index is 405. The minimum Gasteiger partial charge on any atom is -0.378 e. The first kappa shape index (κ1) is 25.0. The van der Waals surface area contributed by atoms with Crippen molar-refractivity contribution in [1.29, 1.82) is 0 Å². The van der Waals surface area contributed by atoms with Gasteiger partial charge >= 0.3 is 0 Å². The van der Waals surface area contributed by atoms with Gasteiger partial charge in [-0.05, 0) is 51.9 Å². The first-order valence-electron chi connectivity index (χ1n) is 11.0. The number of aliphatic imine (C=N–C) groups is 1. The lowest BCUT2D eigenvalue weighted by atomic mass is 10.0. The van der Waals surface area contributed by atoms with Crippen molar-refractivity contribution in [3.05, 3.63) is 0 Å². The zero-order valence-electron chi connectivity index (χ0n) is 18.0. The average Bonchev–Trinajstić information content (AvgIpc) is 3.16. The quantitative estimate of drug-likeness (QED) is 0.289. The molecule has 0 aromatic rings. The second-order valence-corrected chi connectivity index (χ2v) is 8.18. The maximum atomic E-state index is 5.84. The monoisotopic (exact) mass is 494 g/mol. The third kappa shape index (κ3) is 8.86. The van der Waals surface area contributed by atoms with Crippen molar-refractivity contribution in [2.24, 2.45) is 10.9 Å². The fourth-order valence-electron chi connectivity index (χ4n) is 4.32. The Kier molecular flexibility index (Phi) is 12.9. The van der Waals surface area contributed by atoms with E-state index in [9.17, 15) is 0 Å². The number of ether oxygens (including phenoxy) is 1. The lowest BCUT2D eigenvalue weighted by Gasteiger charge is -2.36. The summed E-state index contributed by atoms with van der Waals surface area (Å²) in [6.45, 7) is 13.6. The number of nitrogens with one attached hydrogen (secondary N) is 2. The van der Waals surface area contributed by atoms with E-state index >= 15 is 0 Å². The van der Waals surface area contributed by atoms with E-state index in [4.69, 9.17) is 9.73 Å². The lowest BCUT2D eigenvalue weighted by molar-refractivity contribution is 0.0266. The number of likely N-dealkylation sites (tertiary alicyclic amines) is 1. The summed E-state index contributed by atoms with van der Waals surface area (Å²) in [5.41, 5.74) is 0. The Morgan fingerprint density at radius 3 is 2.33 bits per heavy atom. The zero-order valence-corrected chi connectivity index (χ0v) is 20.3. The summed E-state index contributed by atoms with van der Waals surface area (Å²) >= 11 is 0. The molecule has 6 heteroatoms. The van der Waals surface area contributed by atoms with Crippen LogP contribution in [0.1, 0.15) is 72.6 Å². The van der Waals surface area contributed by atoms with Crippen molar-refractivity contribution in [2.45, 2.75) is 90.8 Å². The van der Waals surface area contributed by atoms with E-state index in [1.54, 1.807) is 0 Å². The molecule has 1 aliphatic carbocycles. The van der Waals surface area contributed by atoms with Gasteiger partial charge in [0, 0.05) is 44.9 Å². The summed E-state index contributed by atoms with van der Waals surface area (Å²) in [5.74, 6) is 1.52. The van der Waals surface area contributed by atoms with Gasteiger partial charge in [0.1, 0.15) is 0 Å². The zero-order chi connectivity index (χ0) is 18.8. The smallest absolute Gasteiger partial charge is 0.191 e. The normalized spacial score (nSPS) is 21.3. The molecule has 0 aromatic heterocycles. The minimum absolute atomic E-state index is 0. The number of piperidine rings is 1. The van der Waals surface area contributed by atoms with E-state index in [-0.39, 0.29) is 24.0 Å². The molecule has 0 aromatic carbocycles. The van der Waals surface area contributed by atoms with E-state index in [0.717, 1.165) is 38.1 Å². The number of rotatable bonds is 9. The average molecular weight is 495 g/mol. The van der Waals surface area contributed by atoms with Gasteiger partial charge in [-0.15, -0.1) is 24.0 Å². The van der Waals surface area contributed by atoms with Crippen LogP contribution in [-0.2, 0) is 4.74 Å². The molecule has 2 aliphatic rings. The van der Waals surface area contributed by atoms with Crippen LogP contribution in [0.25, 0.3) is 0 Å². The molecule has 160 valence electrons. The summed E-state index contributed by atoms with van der Waals surface area (Å²) in [7, 11) is 0. The second kappa shape index (κ2) is 14.0. The number of nitrogens with zero attached hydrogens (tertiary/aromatic N) is 2. The molecule has 27 heavy (non-hydrogen) atoms.